The Bertz CT molecular complexity index is 535. The van der Waals surface area contributed by atoms with Crippen LogP contribution in [0.4, 0.5) is 0 Å². The third kappa shape index (κ3) is 3.79. The molecule has 7 heteroatoms. The Hall–Kier alpha value is -1.31. The van der Waals surface area contributed by atoms with Crippen LogP contribution >= 0.6 is 0 Å². The minimum Gasteiger partial charge on any atom is -0.466 e. The summed E-state index contributed by atoms with van der Waals surface area (Å²) in [5.74, 6) is 0.204. The Kier molecular flexibility index (Phi) is 5.23. The van der Waals surface area contributed by atoms with Crippen molar-refractivity contribution in [2.24, 2.45) is 0 Å². The van der Waals surface area contributed by atoms with Crippen molar-refractivity contribution in [3.05, 3.63) is 23.7 Å². The summed E-state index contributed by atoms with van der Waals surface area (Å²) in [4.78, 5) is 12.0. The van der Waals surface area contributed by atoms with Gasteiger partial charge in [0.1, 0.15) is 18.1 Å². The van der Waals surface area contributed by atoms with Gasteiger partial charge in [-0.3, -0.25) is 4.79 Å². The zero-order valence-electron chi connectivity index (χ0n) is 14.4. The number of hydrogen-bond donors (Lipinski definition) is 1. The zero-order chi connectivity index (χ0) is 17.3. The number of carbonyl (C=O) groups is 1. The molecule has 0 radical (unpaired) electrons. The molecule has 2 rings (SSSR count). The highest BCUT2D eigenvalue weighted by molar-refractivity contribution is 6.47. The van der Waals surface area contributed by atoms with E-state index in [-0.39, 0.29) is 19.0 Å². The molecule has 0 amide bonds. The quantitative estimate of drug-likeness (QED) is 0.640. The summed E-state index contributed by atoms with van der Waals surface area (Å²) in [6.45, 7) is 9.69. The predicted octanol–water partition coefficient (Wildman–Crippen LogP) is 2.44. The minimum atomic E-state index is -0.623. The molecule has 0 aromatic carbocycles. The summed E-state index contributed by atoms with van der Waals surface area (Å²) in [6.07, 6.45) is 0.0864. The van der Waals surface area contributed by atoms with E-state index in [4.69, 9.17) is 18.5 Å². The molecule has 2 heterocycles. The van der Waals surface area contributed by atoms with Crippen LogP contribution in [0.2, 0.25) is 0 Å². The SMILES string of the molecule is CCOC(=O)CC(B1OC(C)(C)C(C)(C)O1)c1ccc(CO)o1. The van der Waals surface area contributed by atoms with E-state index < -0.39 is 24.1 Å². The molecule has 0 saturated carbocycles. The lowest BCUT2D eigenvalue weighted by Gasteiger charge is -2.32. The number of ether oxygens (including phenoxy) is 1. The lowest BCUT2D eigenvalue weighted by atomic mass is 9.68. The summed E-state index contributed by atoms with van der Waals surface area (Å²) in [7, 11) is -0.623. The molecule has 1 saturated heterocycles. The van der Waals surface area contributed by atoms with Gasteiger partial charge in [-0.2, -0.15) is 0 Å². The molecule has 1 aliphatic rings. The first-order valence-electron chi connectivity index (χ1n) is 7.91. The van der Waals surface area contributed by atoms with Crippen molar-refractivity contribution in [2.75, 3.05) is 6.61 Å². The second kappa shape index (κ2) is 6.67. The first-order valence-corrected chi connectivity index (χ1v) is 7.91. The fourth-order valence-corrected chi connectivity index (χ4v) is 2.46. The number of carbonyl (C=O) groups excluding carboxylic acids is 1. The number of hydrogen-bond acceptors (Lipinski definition) is 6. The monoisotopic (exact) mass is 324 g/mol. The molecule has 1 unspecified atom stereocenters. The smallest absolute Gasteiger partial charge is 0.466 e. The van der Waals surface area contributed by atoms with Crippen molar-refractivity contribution in [1.82, 2.24) is 0 Å². The van der Waals surface area contributed by atoms with Crippen LogP contribution in [0.5, 0.6) is 0 Å². The van der Waals surface area contributed by atoms with E-state index >= 15 is 0 Å². The van der Waals surface area contributed by atoms with Gasteiger partial charge in [-0.15, -0.1) is 0 Å². The second-order valence-corrected chi connectivity index (χ2v) is 6.70. The molecule has 128 valence electrons. The molecule has 1 aromatic rings. The third-order valence-electron chi connectivity index (χ3n) is 4.50. The summed E-state index contributed by atoms with van der Waals surface area (Å²) in [6, 6.07) is 3.42. The Morgan fingerprint density at radius 2 is 1.87 bits per heavy atom. The lowest BCUT2D eigenvalue weighted by molar-refractivity contribution is -0.143. The van der Waals surface area contributed by atoms with Gasteiger partial charge in [0, 0.05) is 0 Å². The van der Waals surface area contributed by atoms with E-state index in [1.165, 1.54) is 0 Å². The second-order valence-electron chi connectivity index (χ2n) is 6.70. The van der Waals surface area contributed by atoms with Gasteiger partial charge in [0.15, 0.2) is 0 Å². The Balaban J connectivity index is 2.25. The van der Waals surface area contributed by atoms with E-state index in [1.807, 2.05) is 27.7 Å². The number of aliphatic hydroxyl groups excluding tert-OH is 1. The van der Waals surface area contributed by atoms with Gasteiger partial charge in [0.25, 0.3) is 0 Å². The fraction of sp³-hybridized carbons (Fsp3) is 0.688. The Morgan fingerprint density at radius 3 is 2.35 bits per heavy atom. The van der Waals surface area contributed by atoms with E-state index in [9.17, 15) is 9.90 Å². The minimum absolute atomic E-state index is 0.0864. The standard InChI is InChI=1S/C16H25BO6/c1-6-20-14(19)9-12(13-8-7-11(10-18)21-13)17-22-15(2,3)16(4,5)23-17/h7-8,12,18H,6,9-10H2,1-5H3. The predicted molar refractivity (Wildman–Crippen MR) is 84.7 cm³/mol. The number of furan rings is 1. The first-order chi connectivity index (χ1) is 10.7. The van der Waals surface area contributed by atoms with Gasteiger partial charge < -0.3 is 23.6 Å². The highest BCUT2D eigenvalue weighted by Crippen LogP contribution is 2.42. The van der Waals surface area contributed by atoms with Crippen LogP contribution in [0.1, 0.15) is 58.4 Å². The van der Waals surface area contributed by atoms with Gasteiger partial charge in [0.2, 0.25) is 0 Å². The summed E-state index contributed by atoms with van der Waals surface area (Å²) in [5, 5.41) is 9.18. The maximum atomic E-state index is 12.0. The largest absolute Gasteiger partial charge is 0.469 e. The van der Waals surface area contributed by atoms with Crippen molar-refractivity contribution in [1.29, 1.82) is 0 Å². The number of rotatable bonds is 6. The Labute approximate surface area is 137 Å². The van der Waals surface area contributed by atoms with Crippen LogP contribution in [0.25, 0.3) is 0 Å². The fourth-order valence-electron chi connectivity index (χ4n) is 2.46. The first kappa shape index (κ1) is 18.0. The number of aliphatic hydroxyl groups is 1. The van der Waals surface area contributed by atoms with Gasteiger partial charge in [0.05, 0.1) is 30.0 Å². The van der Waals surface area contributed by atoms with Crippen molar-refractivity contribution in [2.45, 2.75) is 64.7 Å². The molecule has 1 atom stereocenters. The summed E-state index contributed by atoms with van der Waals surface area (Å²) < 4.78 is 22.8. The van der Waals surface area contributed by atoms with Crippen LogP contribution in [0, 0.1) is 0 Å². The molecule has 1 aliphatic heterocycles. The van der Waals surface area contributed by atoms with E-state index in [0.29, 0.717) is 18.1 Å². The maximum absolute atomic E-state index is 12.0. The molecule has 1 fully saturated rings. The molecule has 1 N–H and O–H groups in total. The molecule has 6 nitrogen and oxygen atoms in total. The van der Waals surface area contributed by atoms with Gasteiger partial charge in [-0.1, -0.05) is 0 Å². The van der Waals surface area contributed by atoms with Crippen LogP contribution in [-0.2, 0) is 25.4 Å². The van der Waals surface area contributed by atoms with E-state index in [1.54, 1.807) is 19.1 Å². The molecule has 0 aliphatic carbocycles. The van der Waals surface area contributed by atoms with Crippen LogP contribution < -0.4 is 0 Å². The topological polar surface area (TPSA) is 78.1 Å². The van der Waals surface area contributed by atoms with Crippen molar-refractivity contribution >= 4 is 13.1 Å². The average molecular weight is 324 g/mol. The zero-order valence-corrected chi connectivity index (χ0v) is 14.4. The van der Waals surface area contributed by atoms with E-state index in [0.717, 1.165) is 0 Å². The number of esters is 1. The van der Waals surface area contributed by atoms with Crippen molar-refractivity contribution in [3.63, 3.8) is 0 Å². The highest BCUT2D eigenvalue weighted by atomic mass is 16.7. The molecular weight excluding hydrogens is 299 g/mol. The molecular formula is C16H25BO6. The molecule has 1 aromatic heterocycles. The van der Waals surface area contributed by atoms with Gasteiger partial charge >= 0.3 is 13.1 Å². The summed E-state index contributed by atoms with van der Waals surface area (Å²) >= 11 is 0. The van der Waals surface area contributed by atoms with Crippen LogP contribution in [0.3, 0.4) is 0 Å². The van der Waals surface area contributed by atoms with Crippen molar-refractivity contribution in [3.8, 4) is 0 Å². The average Bonchev–Trinajstić information content (AvgIpc) is 2.99. The maximum Gasteiger partial charge on any atom is 0.469 e. The molecule has 0 spiro atoms. The summed E-state index contributed by atoms with van der Waals surface area (Å²) in [5.41, 5.74) is -1.01. The Morgan fingerprint density at radius 1 is 1.26 bits per heavy atom. The van der Waals surface area contributed by atoms with Crippen molar-refractivity contribution < 1.29 is 28.4 Å². The van der Waals surface area contributed by atoms with Gasteiger partial charge in [-0.25, -0.2) is 0 Å². The van der Waals surface area contributed by atoms with Crippen LogP contribution in [-0.4, -0.2) is 36.0 Å². The molecule has 23 heavy (non-hydrogen) atoms. The highest BCUT2D eigenvalue weighted by Gasteiger charge is 2.55. The molecule has 0 bridgehead atoms. The lowest BCUT2D eigenvalue weighted by Crippen LogP contribution is -2.41. The normalized spacial score (nSPS) is 20.5. The van der Waals surface area contributed by atoms with Gasteiger partial charge in [-0.05, 0) is 46.8 Å². The third-order valence-corrected chi connectivity index (χ3v) is 4.50. The van der Waals surface area contributed by atoms with E-state index in [2.05, 4.69) is 0 Å². The van der Waals surface area contributed by atoms with Crippen LogP contribution in [0.15, 0.2) is 16.5 Å².